The molecular formula is C13H14FN3O2. The van der Waals surface area contributed by atoms with Crippen LogP contribution in [0.5, 0.6) is 0 Å². The molecule has 0 atom stereocenters. The van der Waals surface area contributed by atoms with Crippen LogP contribution < -0.4 is 0 Å². The number of hydrogen-bond acceptors (Lipinski definition) is 3. The normalized spacial score (nSPS) is 10.7. The lowest BCUT2D eigenvalue weighted by Gasteiger charge is -2.06. The third kappa shape index (κ3) is 2.33. The fourth-order valence-corrected chi connectivity index (χ4v) is 1.93. The van der Waals surface area contributed by atoms with Crippen molar-refractivity contribution in [2.45, 2.75) is 27.3 Å². The number of benzene rings is 1. The first-order chi connectivity index (χ1) is 8.91. The van der Waals surface area contributed by atoms with Gasteiger partial charge in [-0.25, -0.2) is 0 Å². The number of aryl methyl sites for hydroxylation is 1. The summed E-state index contributed by atoms with van der Waals surface area (Å²) in [5.41, 5.74) is 2.62. The van der Waals surface area contributed by atoms with Crippen LogP contribution in [-0.4, -0.2) is 14.7 Å². The summed E-state index contributed by atoms with van der Waals surface area (Å²) in [5, 5.41) is 15.0. The molecule has 19 heavy (non-hydrogen) atoms. The Kier molecular flexibility index (Phi) is 3.33. The fourth-order valence-electron chi connectivity index (χ4n) is 1.93. The lowest BCUT2D eigenvalue weighted by molar-refractivity contribution is -0.387. The maximum atomic E-state index is 14.0. The van der Waals surface area contributed by atoms with Gasteiger partial charge in [-0.2, -0.15) is 9.49 Å². The number of halogens is 1. The van der Waals surface area contributed by atoms with Gasteiger partial charge in [-0.05, 0) is 26.3 Å². The molecule has 0 spiro atoms. The minimum atomic E-state index is -0.794. The van der Waals surface area contributed by atoms with E-state index in [-0.39, 0.29) is 12.1 Å². The molecule has 0 aliphatic carbocycles. The van der Waals surface area contributed by atoms with E-state index in [1.807, 2.05) is 20.8 Å². The van der Waals surface area contributed by atoms with Crippen LogP contribution in [-0.2, 0) is 6.54 Å². The Morgan fingerprint density at radius 3 is 2.58 bits per heavy atom. The highest BCUT2D eigenvalue weighted by Gasteiger charge is 2.18. The number of hydrogen-bond donors (Lipinski definition) is 0. The summed E-state index contributed by atoms with van der Waals surface area (Å²) in [7, 11) is 0. The van der Waals surface area contributed by atoms with Crippen molar-refractivity contribution in [2.24, 2.45) is 0 Å². The molecule has 0 saturated heterocycles. The monoisotopic (exact) mass is 263 g/mol. The second kappa shape index (κ2) is 4.79. The van der Waals surface area contributed by atoms with E-state index in [1.165, 1.54) is 12.1 Å². The molecule has 1 aromatic carbocycles. The second-order valence-corrected chi connectivity index (χ2v) is 4.46. The molecule has 2 aromatic rings. The molecule has 6 heteroatoms. The molecule has 2 rings (SSSR count). The zero-order chi connectivity index (χ0) is 14.2. The van der Waals surface area contributed by atoms with E-state index in [9.17, 15) is 14.5 Å². The Hall–Kier alpha value is -2.24. The van der Waals surface area contributed by atoms with E-state index in [0.29, 0.717) is 0 Å². The molecule has 0 amide bonds. The Morgan fingerprint density at radius 1 is 1.37 bits per heavy atom. The topological polar surface area (TPSA) is 61.0 Å². The van der Waals surface area contributed by atoms with Gasteiger partial charge in [0, 0.05) is 17.3 Å². The molecule has 1 aromatic heterocycles. The summed E-state index contributed by atoms with van der Waals surface area (Å²) in [6.45, 7) is 5.90. The van der Waals surface area contributed by atoms with Crippen molar-refractivity contribution < 1.29 is 9.31 Å². The van der Waals surface area contributed by atoms with E-state index >= 15 is 0 Å². The summed E-state index contributed by atoms with van der Waals surface area (Å²) in [5.74, 6) is -0.794. The van der Waals surface area contributed by atoms with Gasteiger partial charge in [0.15, 0.2) is 0 Å². The van der Waals surface area contributed by atoms with E-state index in [1.54, 1.807) is 4.68 Å². The lowest BCUT2D eigenvalue weighted by atomic mass is 10.2. The van der Waals surface area contributed by atoms with Gasteiger partial charge in [0.25, 0.3) is 0 Å². The molecule has 5 nitrogen and oxygen atoms in total. The average molecular weight is 263 g/mol. The molecule has 0 aliphatic heterocycles. The molecule has 0 unspecified atom stereocenters. The summed E-state index contributed by atoms with van der Waals surface area (Å²) in [6.07, 6.45) is 0. The van der Waals surface area contributed by atoms with Crippen LogP contribution >= 0.6 is 0 Å². The summed E-state index contributed by atoms with van der Waals surface area (Å²) < 4.78 is 15.6. The van der Waals surface area contributed by atoms with Gasteiger partial charge in [-0.15, -0.1) is 0 Å². The number of nitro groups is 1. The number of rotatable bonds is 3. The van der Waals surface area contributed by atoms with Gasteiger partial charge in [-0.1, -0.05) is 12.1 Å². The van der Waals surface area contributed by atoms with Crippen molar-refractivity contribution in [1.82, 2.24) is 9.78 Å². The fraction of sp³-hybridized carbons (Fsp3) is 0.308. The quantitative estimate of drug-likeness (QED) is 0.632. The van der Waals surface area contributed by atoms with Gasteiger partial charge < -0.3 is 0 Å². The summed E-state index contributed by atoms with van der Waals surface area (Å²) in [6, 6.07) is 4.18. The van der Waals surface area contributed by atoms with Crippen molar-refractivity contribution in [3.05, 3.63) is 56.6 Å². The van der Waals surface area contributed by atoms with Crippen LogP contribution in [0.3, 0.4) is 0 Å². The van der Waals surface area contributed by atoms with Crippen LogP contribution in [0.15, 0.2) is 18.2 Å². The minimum Gasteiger partial charge on any atom is -0.265 e. The first-order valence-electron chi connectivity index (χ1n) is 5.84. The Bertz CT molecular complexity index is 650. The van der Waals surface area contributed by atoms with Gasteiger partial charge in [0.1, 0.15) is 0 Å². The van der Waals surface area contributed by atoms with Crippen LogP contribution in [0.25, 0.3) is 0 Å². The Morgan fingerprint density at radius 2 is 2.05 bits per heavy atom. The third-order valence-electron chi connectivity index (χ3n) is 3.32. The lowest BCUT2D eigenvalue weighted by Crippen LogP contribution is -2.07. The predicted molar refractivity (Wildman–Crippen MR) is 68.6 cm³/mol. The molecule has 0 radical (unpaired) electrons. The highest BCUT2D eigenvalue weighted by atomic mass is 19.1. The molecular weight excluding hydrogens is 249 g/mol. The molecule has 100 valence electrons. The SMILES string of the molecule is Cc1nn(Cc2cccc([N+](=O)[O-])c2F)c(C)c1C. The molecule has 0 fully saturated rings. The van der Waals surface area contributed by atoms with Crippen LogP contribution in [0.2, 0.25) is 0 Å². The maximum absolute atomic E-state index is 14.0. The molecule has 1 heterocycles. The van der Waals surface area contributed by atoms with Crippen molar-refractivity contribution >= 4 is 5.69 Å². The van der Waals surface area contributed by atoms with E-state index in [0.717, 1.165) is 23.0 Å². The van der Waals surface area contributed by atoms with E-state index in [4.69, 9.17) is 0 Å². The zero-order valence-corrected chi connectivity index (χ0v) is 11.0. The molecule has 0 bridgehead atoms. The molecule has 0 saturated carbocycles. The van der Waals surface area contributed by atoms with Gasteiger partial charge >= 0.3 is 5.69 Å². The Balaban J connectivity index is 2.41. The van der Waals surface area contributed by atoms with Crippen molar-refractivity contribution in [3.63, 3.8) is 0 Å². The summed E-state index contributed by atoms with van der Waals surface area (Å²) in [4.78, 5) is 9.98. The van der Waals surface area contributed by atoms with Crippen molar-refractivity contribution in [3.8, 4) is 0 Å². The largest absolute Gasteiger partial charge is 0.305 e. The second-order valence-electron chi connectivity index (χ2n) is 4.46. The average Bonchev–Trinajstić information content (AvgIpc) is 2.59. The number of nitrogens with zero attached hydrogens (tertiary/aromatic N) is 3. The molecule has 0 N–H and O–H groups in total. The summed E-state index contributed by atoms with van der Waals surface area (Å²) >= 11 is 0. The number of aromatic nitrogens is 2. The smallest absolute Gasteiger partial charge is 0.265 e. The third-order valence-corrected chi connectivity index (χ3v) is 3.32. The standard InChI is InChI=1S/C13H14FN3O2/c1-8-9(2)15-16(10(8)3)7-11-5-4-6-12(13(11)14)17(18)19/h4-6H,7H2,1-3H3. The van der Waals surface area contributed by atoms with Crippen LogP contribution in [0, 0.1) is 36.7 Å². The first-order valence-corrected chi connectivity index (χ1v) is 5.84. The van der Waals surface area contributed by atoms with E-state index < -0.39 is 16.4 Å². The minimum absolute atomic E-state index is 0.189. The van der Waals surface area contributed by atoms with Gasteiger partial charge in [-0.3, -0.25) is 14.8 Å². The van der Waals surface area contributed by atoms with Gasteiger partial charge in [0.2, 0.25) is 5.82 Å². The van der Waals surface area contributed by atoms with E-state index in [2.05, 4.69) is 5.10 Å². The Labute approximate surface area is 109 Å². The number of nitro benzene ring substituents is 1. The molecule has 0 aliphatic rings. The van der Waals surface area contributed by atoms with Crippen LogP contribution in [0.4, 0.5) is 10.1 Å². The first kappa shape index (κ1) is 13.2. The van der Waals surface area contributed by atoms with Crippen molar-refractivity contribution in [1.29, 1.82) is 0 Å². The predicted octanol–water partition coefficient (Wildman–Crippen LogP) is 2.90. The zero-order valence-electron chi connectivity index (χ0n) is 11.0. The van der Waals surface area contributed by atoms with Crippen molar-refractivity contribution in [2.75, 3.05) is 0 Å². The highest BCUT2D eigenvalue weighted by Crippen LogP contribution is 2.22. The van der Waals surface area contributed by atoms with Crippen LogP contribution in [0.1, 0.15) is 22.5 Å². The highest BCUT2D eigenvalue weighted by molar-refractivity contribution is 5.37. The van der Waals surface area contributed by atoms with Gasteiger partial charge in [0.05, 0.1) is 17.2 Å². The maximum Gasteiger partial charge on any atom is 0.305 e.